The lowest BCUT2D eigenvalue weighted by Crippen LogP contribution is -2.08. The second-order valence-electron chi connectivity index (χ2n) is 4.61. The molecule has 2 aromatic carbocycles. The third kappa shape index (κ3) is 3.94. The van der Waals surface area contributed by atoms with Crippen LogP contribution in [0.5, 0.6) is 5.75 Å². The molecule has 0 bridgehead atoms. The van der Waals surface area contributed by atoms with E-state index in [9.17, 15) is 8.78 Å². The Hall–Kier alpha value is -1.62. The zero-order valence-corrected chi connectivity index (χ0v) is 13.4. The van der Waals surface area contributed by atoms with Crippen LogP contribution in [0, 0.1) is 11.6 Å². The molecule has 0 radical (unpaired) electrons. The summed E-state index contributed by atoms with van der Waals surface area (Å²) in [5.74, 6) is -0.440. The lowest BCUT2D eigenvalue weighted by atomic mass is 10.1. The fraction of sp³-hybridized carbons (Fsp3) is 0.250. The van der Waals surface area contributed by atoms with Crippen LogP contribution in [0.3, 0.4) is 0 Å². The van der Waals surface area contributed by atoms with Crippen molar-refractivity contribution in [1.29, 1.82) is 0 Å². The minimum Gasteiger partial charge on any atom is -0.494 e. The summed E-state index contributed by atoms with van der Waals surface area (Å²) in [5.41, 5.74) is 1.24. The van der Waals surface area contributed by atoms with Crippen molar-refractivity contribution in [2.75, 3.05) is 11.9 Å². The third-order valence-electron chi connectivity index (χ3n) is 3.07. The summed E-state index contributed by atoms with van der Waals surface area (Å²) in [6.07, 6.45) is 0. The highest BCUT2D eigenvalue weighted by Gasteiger charge is 2.12. The molecule has 0 amide bonds. The molecule has 0 saturated carbocycles. The number of anilines is 1. The molecule has 5 heteroatoms. The maximum absolute atomic E-state index is 13.7. The summed E-state index contributed by atoms with van der Waals surface area (Å²) >= 11 is 3.05. The molecule has 0 aliphatic heterocycles. The van der Waals surface area contributed by atoms with Gasteiger partial charge in [-0.2, -0.15) is 0 Å². The number of ether oxygens (including phenoxy) is 1. The summed E-state index contributed by atoms with van der Waals surface area (Å²) in [7, 11) is 0. The zero-order chi connectivity index (χ0) is 15.4. The smallest absolute Gasteiger partial charge is 0.149 e. The molecule has 1 N–H and O–H groups in total. The summed E-state index contributed by atoms with van der Waals surface area (Å²) < 4.78 is 32.5. The molecule has 0 saturated heterocycles. The highest BCUT2D eigenvalue weighted by atomic mass is 79.9. The van der Waals surface area contributed by atoms with Gasteiger partial charge in [-0.25, -0.2) is 8.78 Å². The quantitative estimate of drug-likeness (QED) is 0.734. The van der Waals surface area contributed by atoms with Gasteiger partial charge in [-0.1, -0.05) is 12.1 Å². The Balaban J connectivity index is 2.14. The molecular formula is C16H16BrF2NO. The lowest BCUT2D eigenvalue weighted by molar-refractivity contribution is 0.340. The first-order valence-electron chi connectivity index (χ1n) is 6.65. The Morgan fingerprint density at radius 1 is 1.14 bits per heavy atom. The second kappa shape index (κ2) is 6.89. The molecule has 0 heterocycles. The molecule has 1 unspecified atom stereocenters. The largest absolute Gasteiger partial charge is 0.494 e. The van der Waals surface area contributed by atoms with E-state index in [4.69, 9.17) is 4.74 Å². The van der Waals surface area contributed by atoms with Crippen molar-refractivity contribution >= 4 is 21.6 Å². The molecule has 2 rings (SSSR count). The Bertz CT molecular complexity index is 616. The van der Waals surface area contributed by atoms with E-state index >= 15 is 0 Å². The predicted molar refractivity (Wildman–Crippen MR) is 83.7 cm³/mol. The van der Waals surface area contributed by atoms with Gasteiger partial charge in [0.1, 0.15) is 17.4 Å². The number of nitrogens with one attached hydrogen (secondary N) is 1. The zero-order valence-electron chi connectivity index (χ0n) is 11.8. The fourth-order valence-corrected chi connectivity index (χ4v) is 2.31. The summed E-state index contributed by atoms with van der Waals surface area (Å²) in [6, 6.07) is 9.71. The number of benzene rings is 2. The van der Waals surface area contributed by atoms with Gasteiger partial charge in [0.05, 0.1) is 16.8 Å². The van der Waals surface area contributed by atoms with Gasteiger partial charge in [-0.05, 0) is 53.5 Å². The molecule has 1 atom stereocenters. The molecule has 0 fully saturated rings. The lowest BCUT2D eigenvalue weighted by Gasteiger charge is -2.17. The standard InChI is InChI=1S/C16H16BrF2NO/c1-3-21-12-6-4-11(5-7-12)10(2)20-16-8-13(17)14(18)9-15(16)19/h4-10,20H,3H2,1-2H3. The monoisotopic (exact) mass is 355 g/mol. The molecular weight excluding hydrogens is 340 g/mol. The van der Waals surface area contributed by atoms with Crippen LogP contribution in [0.25, 0.3) is 0 Å². The van der Waals surface area contributed by atoms with Gasteiger partial charge in [-0.3, -0.25) is 0 Å². The van der Waals surface area contributed by atoms with Crippen molar-refractivity contribution in [1.82, 2.24) is 0 Å². The van der Waals surface area contributed by atoms with Gasteiger partial charge in [0.15, 0.2) is 0 Å². The van der Waals surface area contributed by atoms with E-state index in [0.29, 0.717) is 6.61 Å². The van der Waals surface area contributed by atoms with E-state index in [2.05, 4.69) is 21.2 Å². The number of rotatable bonds is 5. The van der Waals surface area contributed by atoms with Gasteiger partial charge in [-0.15, -0.1) is 0 Å². The van der Waals surface area contributed by atoms with E-state index in [1.54, 1.807) is 0 Å². The van der Waals surface area contributed by atoms with Crippen LogP contribution in [0.1, 0.15) is 25.5 Å². The Morgan fingerprint density at radius 2 is 1.81 bits per heavy atom. The van der Waals surface area contributed by atoms with Gasteiger partial charge in [0, 0.05) is 12.1 Å². The molecule has 2 aromatic rings. The van der Waals surface area contributed by atoms with Crippen LogP contribution in [0.4, 0.5) is 14.5 Å². The van der Waals surface area contributed by atoms with E-state index in [-0.39, 0.29) is 16.2 Å². The first-order valence-corrected chi connectivity index (χ1v) is 7.44. The molecule has 0 aliphatic rings. The number of hydrogen-bond acceptors (Lipinski definition) is 2. The van der Waals surface area contributed by atoms with Crippen molar-refractivity contribution in [3.05, 3.63) is 58.1 Å². The Morgan fingerprint density at radius 3 is 2.43 bits per heavy atom. The van der Waals surface area contributed by atoms with E-state index in [1.165, 1.54) is 6.07 Å². The predicted octanol–water partition coefficient (Wildman–Crippen LogP) is 5.30. The van der Waals surface area contributed by atoms with Gasteiger partial charge < -0.3 is 10.1 Å². The third-order valence-corrected chi connectivity index (χ3v) is 3.68. The second-order valence-corrected chi connectivity index (χ2v) is 5.47. The Kier molecular flexibility index (Phi) is 5.17. The average Bonchev–Trinajstić information content (AvgIpc) is 2.46. The molecule has 21 heavy (non-hydrogen) atoms. The first kappa shape index (κ1) is 15.8. The highest BCUT2D eigenvalue weighted by Crippen LogP contribution is 2.27. The number of halogens is 3. The van der Waals surface area contributed by atoms with Crippen LogP contribution in [0.15, 0.2) is 40.9 Å². The fourth-order valence-electron chi connectivity index (χ4n) is 1.97. The molecule has 112 valence electrons. The van der Waals surface area contributed by atoms with Crippen LogP contribution in [0.2, 0.25) is 0 Å². The Labute approximate surface area is 131 Å². The van der Waals surface area contributed by atoms with Crippen molar-refractivity contribution in [2.45, 2.75) is 19.9 Å². The van der Waals surface area contributed by atoms with Crippen LogP contribution >= 0.6 is 15.9 Å². The minimum absolute atomic E-state index is 0.118. The first-order chi connectivity index (χ1) is 10.0. The van der Waals surface area contributed by atoms with Crippen molar-refractivity contribution in [2.24, 2.45) is 0 Å². The maximum Gasteiger partial charge on any atom is 0.149 e. The molecule has 0 aromatic heterocycles. The van der Waals surface area contributed by atoms with Crippen LogP contribution < -0.4 is 10.1 Å². The molecule has 0 aliphatic carbocycles. The van der Waals surface area contributed by atoms with Crippen molar-refractivity contribution < 1.29 is 13.5 Å². The van der Waals surface area contributed by atoms with Gasteiger partial charge in [0.25, 0.3) is 0 Å². The summed E-state index contributed by atoms with van der Waals surface area (Å²) in [5, 5.41) is 3.03. The van der Waals surface area contributed by atoms with Gasteiger partial charge in [0.2, 0.25) is 0 Å². The van der Waals surface area contributed by atoms with Gasteiger partial charge >= 0.3 is 0 Å². The number of hydrogen-bond donors (Lipinski definition) is 1. The summed E-state index contributed by atoms with van der Waals surface area (Å²) in [4.78, 5) is 0. The molecule has 0 spiro atoms. The van der Waals surface area contributed by atoms with Crippen molar-refractivity contribution in [3.8, 4) is 5.75 Å². The highest BCUT2D eigenvalue weighted by molar-refractivity contribution is 9.10. The molecule has 2 nitrogen and oxygen atoms in total. The van der Waals surface area contributed by atoms with Crippen molar-refractivity contribution in [3.63, 3.8) is 0 Å². The average molecular weight is 356 g/mol. The van der Waals surface area contributed by atoms with Crippen LogP contribution in [-0.2, 0) is 0 Å². The van der Waals surface area contributed by atoms with E-state index in [1.807, 2.05) is 38.1 Å². The summed E-state index contributed by atoms with van der Waals surface area (Å²) in [6.45, 7) is 4.45. The van der Waals surface area contributed by atoms with E-state index < -0.39 is 11.6 Å². The topological polar surface area (TPSA) is 21.3 Å². The normalized spacial score (nSPS) is 12.0. The SMILES string of the molecule is CCOc1ccc(C(C)Nc2cc(Br)c(F)cc2F)cc1. The van der Waals surface area contributed by atoms with E-state index in [0.717, 1.165) is 17.4 Å². The minimum atomic E-state index is -0.619. The van der Waals surface area contributed by atoms with Crippen LogP contribution in [-0.4, -0.2) is 6.61 Å². The maximum atomic E-state index is 13.7.